The lowest BCUT2D eigenvalue weighted by Gasteiger charge is -2.29. The van der Waals surface area contributed by atoms with E-state index in [0.717, 1.165) is 0 Å². The van der Waals surface area contributed by atoms with Gasteiger partial charge in [-0.1, -0.05) is 6.08 Å². The van der Waals surface area contributed by atoms with Crippen molar-refractivity contribution in [3.05, 3.63) is 11.6 Å². The van der Waals surface area contributed by atoms with Crippen molar-refractivity contribution in [3.8, 4) is 0 Å². The molecule has 2 aliphatic heterocycles. The normalized spacial score (nSPS) is 25.1. The van der Waals surface area contributed by atoms with Gasteiger partial charge < -0.3 is 10.2 Å². The van der Waals surface area contributed by atoms with Gasteiger partial charge in [-0.3, -0.25) is 10.0 Å². The number of carbonyl (C=O) groups excluding carboxylic acids is 2. The Labute approximate surface area is 122 Å². The molecule has 2 atom stereocenters. The Balaban J connectivity index is 1.95. The lowest BCUT2D eigenvalue weighted by Crippen LogP contribution is -2.50. The Morgan fingerprint density at radius 2 is 2.24 bits per heavy atom. The molecule has 0 unspecified atom stereocenters. The summed E-state index contributed by atoms with van der Waals surface area (Å²) in [5.41, 5.74) is 0.667. The van der Waals surface area contributed by atoms with Gasteiger partial charge in [0.05, 0.1) is 18.3 Å². The number of hydroxylamine groups is 2. The Morgan fingerprint density at radius 3 is 2.86 bits per heavy atom. The van der Waals surface area contributed by atoms with Gasteiger partial charge in [-0.25, -0.2) is 18.4 Å². The maximum Gasteiger partial charge on any atom is 0.345 e. The minimum atomic E-state index is -3.55. The van der Waals surface area contributed by atoms with Crippen molar-refractivity contribution in [1.82, 2.24) is 15.3 Å². The number of hydrogen-bond donors (Lipinski definition) is 3. The van der Waals surface area contributed by atoms with Gasteiger partial charge in [0.1, 0.15) is 6.04 Å². The third-order valence-corrected chi connectivity index (χ3v) is 4.35. The van der Waals surface area contributed by atoms with Crippen LogP contribution in [-0.4, -0.2) is 66.5 Å². The van der Waals surface area contributed by atoms with Gasteiger partial charge in [0.15, 0.2) is 0 Å². The summed E-state index contributed by atoms with van der Waals surface area (Å²) in [6.45, 7) is 2.11. The van der Waals surface area contributed by atoms with Crippen LogP contribution in [0.1, 0.15) is 13.3 Å². The molecule has 10 heteroatoms. The van der Waals surface area contributed by atoms with Crippen LogP contribution in [0.15, 0.2) is 11.6 Å². The molecule has 0 saturated carbocycles. The van der Waals surface area contributed by atoms with E-state index in [4.69, 9.17) is 5.14 Å². The summed E-state index contributed by atoms with van der Waals surface area (Å²) in [5, 5.41) is 17.6. The molecule has 2 rings (SSSR count). The summed E-state index contributed by atoms with van der Waals surface area (Å²) in [4.78, 5) is 25.2. The average molecular weight is 318 g/mol. The fraction of sp³-hybridized carbons (Fsp3) is 0.636. The second-order valence-electron chi connectivity index (χ2n) is 5.17. The van der Waals surface area contributed by atoms with Gasteiger partial charge in [-0.2, -0.15) is 5.06 Å². The summed E-state index contributed by atoms with van der Waals surface area (Å²) >= 11 is 0. The molecule has 0 aromatic carbocycles. The Bertz CT molecular complexity index is 587. The lowest BCUT2D eigenvalue weighted by atomic mass is 10.00. The summed E-state index contributed by atoms with van der Waals surface area (Å²) in [7, 11) is -3.55. The molecule has 2 bridgehead atoms. The molecule has 118 valence electrons. The summed E-state index contributed by atoms with van der Waals surface area (Å²) in [6.07, 6.45) is 1.87. The fourth-order valence-electron chi connectivity index (χ4n) is 2.54. The van der Waals surface area contributed by atoms with Gasteiger partial charge in [0.2, 0.25) is 15.9 Å². The minimum Gasteiger partial charge on any atom is -0.354 e. The topological polar surface area (TPSA) is 133 Å². The van der Waals surface area contributed by atoms with Crippen LogP contribution < -0.4 is 10.5 Å². The first-order valence-corrected chi connectivity index (χ1v) is 8.17. The van der Waals surface area contributed by atoms with Crippen molar-refractivity contribution in [1.29, 1.82) is 0 Å². The summed E-state index contributed by atoms with van der Waals surface area (Å²) < 4.78 is 21.6. The van der Waals surface area contributed by atoms with Crippen LogP contribution in [-0.2, 0) is 14.8 Å². The molecule has 1 fully saturated rings. The third-order valence-electron chi connectivity index (χ3n) is 3.49. The predicted octanol–water partition coefficient (Wildman–Crippen LogP) is -1.39. The number of nitrogens with one attached hydrogen (secondary N) is 1. The zero-order chi connectivity index (χ0) is 15.8. The van der Waals surface area contributed by atoms with Gasteiger partial charge in [-0.05, 0) is 18.9 Å². The third kappa shape index (κ3) is 3.34. The van der Waals surface area contributed by atoms with Crippen LogP contribution >= 0.6 is 0 Å². The van der Waals surface area contributed by atoms with Crippen molar-refractivity contribution in [2.75, 3.05) is 18.8 Å². The van der Waals surface area contributed by atoms with E-state index in [1.165, 1.54) is 4.90 Å². The molecule has 2 aliphatic rings. The van der Waals surface area contributed by atoms with Crippen LogP contribution in [0.4, 0.5) is 4.79 Å². The van der Waals surface area contributed by atoms with Gasteiger partial charge in [0, 0.05) is 6.54 Å². The van der Waals surface area contributed by atoms with Crippen molar-refractivity contribution >= 4 is 22.0 Å². The number of rotatable bonds is 5. The highest BCUT2D eigenvalue weighted by Crippen LogP contribution is 2.27. The van der Waals surface area contributed by atoms with E-state index in [2.05, 4.69) is 5.32 Å². The first-order chi connectivity index (χ1) is 9.70. The maximum absolute atomic E-state index is 12.1. The molecule has 0 aromatic heterocycles. The smallest absolute Gasteiger partial charge is 0.345 e. The van der Waals surface area contributed by atoms with E-state index < -0.39 is 34.0 Å². The van der Waals surface area contributed by atoms with Gasteiger partial charge in [0.25, 0.3) is 0 Å². The Morgan fingerprint density at radius 1 is 1.57 bits per heavy atom. The largest absolute Gasteiger partial charge is 0.354 e. The van der Waals surface area contributed by atoms with Crippen LogP contribution in [0.2, 0.25) is 0 Å². The number of nitrogens with zero attached hydrogens (tertiary/aromatic N) is 2. The van der Waals surface area contributed by atoms with Crippen molar-refractivity contribution < 1.29 is 23.2 Å². The van der Waals surface area contributed by atoms with Crippen LogP contribution in [0.25, 0.3) is 0 Å². The SMILES string of the molecule is CC1=C[C@@H]2CN(C(=O)N2O)[C@@H]1C(=O)NCCCS(N)(=O)=O. The molecular formula is C11H18N4O5S. The maximum atomic E-state index is 12.1. The molecule has 0 aliphatic carbocycles. The molecule has 21 heavy (non-hydrogen) atoms. The van der Waals surface area contributed by atoms with Crippen molar-refractivity contribution in [3.63, 3.8) is 0 Å². The van der Waals surface area contributed by atoms with E-state index in [0.29, 0.717) is 10.6 Å². The highest BCUT2D eigenvalue weighted by molar-refractivity contribution is 7.89. The van der Waals surface area contributed by atoms with E-state index in [9.17, 15) is 23.2 Å². The minimum absolute atomic E-state index is 0.146. The summed E-state index contributed by atoms with van der Waals surface area (Å²) in [5.74, 6) is -0.623. The number of nitrogens with two attached hydrogens (primary N) is 1. The number of sulfonamides is 1. The van der Waals surface area contributed by atoms with E-state index in [1.54, 1.807) is 13.0 Å². The molecule has 4 N–H and O–H groups in total. The first kappa shape index (κ1) is 15.7. The summed E-state index contributed by atoms with van der Waals surface area (Å²) in [6, 6.07) is -1.82. The monoisotopic (exact) mass is 318 g/mol. The lowest BCUT2D eigenvalue weighted by molar-refractivity contribution is -0.124. The number of carbonyl (C=O) groups is 2. The Hall–Kier alpha value is -1.65. The average Bonchev–Trinajstić information content (AvgIpc) is 2.59. The van der Waals surface area contributed by atoms with Crippen LogP contribution in [0.3, 0.4) is 0 Å². The molecule has 1 saturated heterocycles. The molecule has 3 amide bonds. The number of fused-ring (bicyclic) bond motifs is 2. The first-order valence-electron chi connectivity index (χ1n) is 6.46. The molecule has 0 radical (unpaired) electrons. The van der Waals surface area contributed by atoms with Crippen molar-refractivity contribution in [2.45, 2.75) is 25.4 Å². The number of urea groups is 1. The number of primary sulfonamides is 1. The number of amides is 3. The zero-order valence-corrected chi connectivity index (χ0v) is 12.3. The molecule has 2 heterocycles. The molecular weight excluding hydrogens is 300 g/mol. The second-order valence-corrected chi connectivity index (χ2v) is 6.91. The Kier molecular flexibility index (Phi) is 4.21. The molecule has 0 aromatic rings. The van der Waals surface area contributed by atoms with Gasteiger partial charge >= 0.3 is 6.03 Å². The number of hydrogen-bond acceptors (Lipinski definition) is 5. The van der Waals surface area contributed by atoms with Crippen molar-refractivity contribution in [2.24, 2.45) is 5.14 Å². The van der Waals surface area contributed by atoms with Gasteiger partial charge in [-0.15, -0.1) is 0 Å². The quantitative estimate of drug-likeness (QED) is 0.326. The standard InChI is InChI=1S/C11H18N4O5S/c1-7-5-8-6-14(11(17)15(8)18)9(7)10(16)13-3-2-4-21(12,19)20/h5,8-9,18H,2-4,6H2,1H3,(H,13,16)(H2,12,19,20)/t8-,9+/m1/s1. The highest BCUT2D eigenvalue weighted by atomic mass is 32.2. The van der Waals surface area contributed by atoms with Crippen LogP contribution in [0.5, 0.6) is 0 Å². The molecule has 0 spiro atoms. The zero-order valence-electron chi connectivity index (χ0n) is 11.5. The van der Waals surface area contributed by atoms with E-state index in [1.807, 2.05) is 0 Å². The highest BCUT2D eigenvalue weighted by Gasteiger charge is 2.46. The van der Waals surface area contributed by atoms with Crippen LogP contribution in [0, 0.1) is 0 Å². The molecule has 9 nitrogen and oxygen atoms in total. The fourth-order valence-corrected chi connectivity index (χ4v) is 3.09. The second kappa shape index (κ2) is 5.62. The predicted molar refractivity (Wildman–Crippen MR) is 72.7 cm³/mol. The van der Waals surface area contributed by atoms with E-state index in [-0.39, 0.29) is 25.3 Å². The van der Waals surface area contributed by atoms with E-state index >= 15 is 0 Å².